The minimum absolute atomic E-state index is 0.255. The van der Waals surface area contributed by atoms with Crippen LogP contribution in [0.5, 0.6) is 0 Å². The predicted octanol–water partition coefficient (Wildman–Crippen LogP) is 2.33. The standard InChI is InChI=1S/C6H13ClOS/c1-6(2,3)4-5-9(7)8/h4-5H2,1-3H3. The molecule has 56 valence electrons. The Kier molecular flexibility index (Phi) is 3.74. The highest BCUT2D eigenvalue weighted by Crippen LogP contribution is 2.18. The summed E-state index contributed by atoms with van der Waals surface area (Å²) in [6.07, 6.45) is 0.920. The van der Waals surface area contributed by atoms with Gasteiger partial charge in [-0.2, -0.15) is 0 Å². The first-order chi connectivity index (χ1) is 3.92. The van der Waals surface area contributed by atoms with E-state index >= 15 is 0 Å². The third-order valence-electron chi connectivity index (χ3n) is 1.01. The van der Waals surface area contributed by atoms with Crippen molar-refractivity contribution in [2.45, 2.75) is 27.2 Å². The number of hydrogen-bond acceptors (Lipinski definition) is 1. The van der Waals surface area contributed by atoms with Gasteiger partial charge in [-0.15, -0.1) is 0 Å². The van der Waals surface area contributed by atoms with Gasteiger partial charge in [-0.1, -0.05) is 20.8 Å². The summed E-state index contributed by atoms with van der Waals surface area (Å²) in [5.41, 5.74) is 0.255. The van der Waals surface area contributed by atoms with Crippen molar-refractivity contribution in [3.63, 3.8) is 0 Å². The van der Waals surface area contributed by atoms with Gasteiger partial charge >= 0.3 is 0 Å². The van der Waals surface area contributed by atoms with Crippen LogP contribution in [0, 0.1) is 5.41 Å². The van der Waals surface area contributed by atoms with E-state index in [9.17, 15) is 4.21 Å². The van der Waals surface area contributed by atoms with Crippen molar-refractivity contribution in [3.8, 4) is 0 Å². The Labute approximate surface area is 63.7 Å². The molecule has 0 aliphatic heterocycles. The van der Waals surface area contributed by atoms with Gasteiger partial charge in [0.15, 0.2) is 0 Å². The first-order valence-corrected chi connectivity index (χ1v) is 5.11. The van der Waals surface area contributed by atoms with E-state index in [2.05, 4.69) is 20.8 Å². The summed E-state index contributed by atoms with van der Waals surface area (Å²) in [6.45, 7) is 6.32. The quantitative estimate of drug-likeness (QED) is 0.579. The third-order valence-corrected chi connectivity index (χ3v) is 2.00. The van der Waals surface area contributed by atoms with Crippen LogP contribution in [-0.4, -0.2) is 9.96 Å². The molecule has 0 saturated heterocycles. The summed E-state index contributed by atoms with van der Waals surface area (Å²) < 4.78 is 10.4. The second kappa shape index (κ2) is 3.57. The molecule has 1 atom stereocenters. The van der Waals surface area contributed by atoms with E-state index in [1.807, 2.05) is 0 Å². The molecule has 0 amide bonds. The summed E-state index contributed by atoms with van der Waals surface area (Å²) in [5.74, 6) is 0.602. The molecule has 9 heavy (non-hydrogen) atoms. The van der Waals surface area contributed by atoms with Crippen LogP contribution in [0.15, 0.2) is 0 Å². The molecule has 0 aromatic heterocycles. The van der Waals surface area contributed by atoms with Crippen molar-refractivity contribution in [3.05, 3.63) is 0 Å². The molecule has 1 nitrogen and oxygen atoms in total. The lowest BCUT2D eigenvalue weighted by Crippen LogP contribution is -2.08. The van der Waals surface area contributed by atoms with Gasteiger partial charge in [0, 0.05) is 5.75 Å². The molecular weight excluding hydrogens is 156 g/mol. The zero-order valence-corrected chi connectivity index (χ0v) is 7.68. The number of halogens is 1. The first kappa shape index (κ1) is 9.44. The van der Waals surface area contributed by atoms with Crippen molar-refractivity contribution in [2.75, 3.05) is 5.75 Å². The first-order valence-electron chi connectivity index (χ1n) is 2.96. The molecule has 0 N–H and O–H groups in total. The molecule has 0 aliphatic rings. The normalized spacial score (nSPS) is 15.6. The molecule has 0 saturated carbocycles. The van der Waals surface area contributed by atoms with Crippen LogP contribution in [-0.2, 0) is 10.0 Å². The lowest BCUT2D eigenvalue weighted by atomic mass is 9.94. The van der Waals surface area contributed by atoms with Gasteiger partial charge in [-0.3, -0.25) is 0 Å². The largest absolute Gasteiger partial charge is 0.243 e. The van der Waals surface area contributed by atoms with Crippen LogP contribution < -0.4 is 0 Å². The van der Waals surface area contributed by atoms with Crippen molar-refractivity contribution in [2.24, 2.45) is 5.41 Å². The van der Waals surface area contributed by atoms with Crippen LogP contribution in [0.25, 0.3) is 0 Å². The second-order valence-electron chi connectivity index (χ2n) is 3.30. The van der Waals surface area contributed by atoms with Gasteiger partial charge in [0.1, 0.15) is 10.0 Å². The van der Waals surface area contributed by atoms with Crippen LogP contribution >= 0.6 is 10.7 Å². The maximum Gasteiger partial charge on any atom is 0.114 e. The fraction of sp³-hybridized carbons (Fsp3) is 1.00. The van der Waals surface area contributed by atoms with Crippen LogP contribution in [0.3, 0.4) is 0 Å². The molecule has 0 aromatic carbocycles. The van der Waals surface area contributed by atoms with E-state index in [1.54, 1.807) is 0 Å². The minimum Gasteiger partial charge on any atom is -0.243 e. The van der Waals surface area contributed by atoms with Crippen molar-refractivity contribution in [1.29, 1.82) is 0 Å². The highest BCUT2D eigenvalue weighted by molar-refractivity contribution is 8.08. The Morgan fingerprint density at radius 1 is 1.44 bits per heavy atom. The lowest BCUT2D eigenvalue weighted by molar-refractivity contribution is 0.400. The summed E-state index contributed by atoms with van der Waals surface area (Å²) in [5, 5.41) is 0. The molecule has 0 spiro atoms. The molecular formula is C6H13ClOS. The number of rotatable bonds is 2. The zero-order chi connectivity index (χ0) is 7.49. The molecule has 0 bridgehead atoms. The zero-order valence-electron chi connectivity index (χ0n) is 6.11. The van der Waals surface area contributed by atoms with Crippen LogP contribution in [0.4, 0.5) is 0 Å². The van der Waals surface area contributed by atoms with E-state index in [0.29, 0.717) is 5.75 Å². The fourth-order valence-electron chi connectivity index (χ4n) is 0.386. The average Bonchev–Trinajstić information content (AvgIpc) is 1.59. The van der Waals surface area contributed by atoms with Crippen molar-refractivity contribution < 1.29 is 4.21 Å². The van der Waals surface area contributed by atoms with E-state index in [0.717, 1.165) is 6.42 Å². The molecule has 0 rings (SSSR count). The van der Waals surface area contributed by atoms with Crippen LogP contribution in [0.2, 0.25) is 0 Å². The molecule has 0 aliphatic carbocycles. The monoisotopic (exact) mass is 168 g/mol. The lowest BCUT2D eigenvalue weighted by Gasteiger charge is -2.15. The maximum atomic E-state index is 10.4. The summed E-state index contributed by atoms with van der Waals surface area (Å²) in [4.78, 5) is 0. The minimum atomic E-state index is -1.14. The molecule has 3 heteroatoms. The van der Waals surface area contributed by atoms with Gasteiger partial charge in [-0.05, 0) is 22.5 Å². The summed E-state index contributed by atoms with van der Waals surface area (Å²) >= 11 is 0. The molecule has 0 aromatic rings. The smallest absolute Gasteiger partial charge is 0.114 e. The van der Waals surface area contributed by atoms with Gasteiger partial charge in [0.2, 0.25) is 0 Å². The SMILES string of the molecule is CC(C)(C)CCS(=O)Cl. The van der Waals surface area contributed by atoms with Crippen LogP contribution in [0.1, 0.15) is 27.2 Å². The van der Waals surface area contributed by atoms with Gasteiger partial charge in [0.05, 0.1) is 0 Å². The molecule has 0 heterocycles. The predicted molar refractivity (Wildman–Crippen MR) is 42.9 cm³/mol. The second-order valence-corrected chi connectivity index (χ2v) is 5.33. The van der Waals surface area contributed by atoms with Gasteiger partial charge < -0.3 is 0 Å². The van der Waals surface area contributed by atoms with E-state index in [-0.39, 0.29) is 5.41 Å². The van der Waals surface area contributed by atoms with Crippen molar-refractivity contribution in [1.82, 2.24) is 0 Å². The highest BCUT2D eigenvalue weighted by atomic mass is 35.7. The van der Waals surface area contributed by atoms with E-state index in [4.69, 9.17) is 10.7 Å². The summed E-state index contributed by atoms with van der Waals surface area (Å²) in [6, 6.07) is 0. The third kappa shape index (κ3) is 8.44. The van der Waals surface area contributed by atoms with Gasteiger partial charge in [-0.25, -0.2) is 4.21 Å². The van der Waals surface area contributed by atoms with E-state index in [1.165, 1.54) is 0 Å². The molecule has 1 unspecified atom stereocenters. The van der Waals surface area contributed by atoms with E-state index < -0.39 is 10.0 Å². The Morgan fingerprint density at radius 3 is 2.00 bits per heavy atom. The van der Waals surface area contributed by atoms with Gasteiger partial charge in [0.25, 0.3) is 0 Å². The average molecular weight is 169 g/mol. The summed E-state index contributed by atoms with van der Waals surface area (Å²) in [7, 11) is 4.12. The maximum absolute atomic E-state index is 10.4. The Hall–Kier alpha value is 0.440. The molecule has 0 fully saturated rings. The Balaban J connectivity index is 3.39. The molecule has 0 radical (unpaired) electrons. The fourth-order valence-corrected chi connectivity index (χ4v) is 1.39. The topological polar surface area (TPSA) is 17.1 Å². The highest BCUT2D eigenvalue weighted by Gasteiger charge is 2.10. The number of hydrogen-bond donors (Lipinski definition) is 0. The Bertz CT molecular complexity index is 106. The van der Waals surface area contributed by atoms with Crippen molar-refractivity contribution >= 4 is 20.7 Å². The Morgan fingerprint density at radius 2 is 1.89 bits per heavy atom.